The predicted octanol–water partition coefficient (Wildman–Crippen LogP) is 2.15. The second kappa shape index (κ2) is 3.78. The Kier molecular flexibility index (Phi) is 2.92. The molecule has 1 aromatic rings. The van der Waals surface area contributed by atoms with E-state index in [0.29, 0.717) is 0 Å². The second-order valence-electron chi connectivity index (χ2n) is 2.11. The van der Waals surface area contributed by atoms with Crippen molar-refractivity contribution >= 4 is 28.9 Å². The molecule has 0 unspecified atom stereocenters. The van der Waals surface area contributed by atoms with Crippen LogP contribution in [0.25, 0.3) is 0 Å². The Morgan fingerprint density at radius 1 is 1.38 bits per heavy atom. The van der Waals surface area contributed by atoms with Gasteiger partial charge >= 0.3 is 5.69 Å². The van der Waals surface area contributed by atoms with Gasteiger partial charge in [-0.3, -0.25) is 10.1 Å². The van der Waals surface area contributed by atoms with Crippen LogP contribution in [0.4, 0.5) is 5.69 Å². The summed E-state index contributed by atoms with van der Waals surface area (Å²) in [5.41, 5.74) is -0.322. The van der Waals surface area contributed by atoms with Crippen LogP contribution in [-0.2, 0) is 0 Å². The van der Waals surface area contributed by atoms with Crippen LogP contribution in [0.2, 0.25) is 10.0 Å². The number of nitrogens with two attached hydrogens (primary N) is 1. The van der Waals surface area contributed by atoms with Gasteiger partial charge in [0.2, 0.25) is 5.75 Å². The van der Waals surface area contributed by atoms with E-state index in [9.17, 15) is 10.1 Å². The third kappa shape index (κ3) is 2.00. The van der Waals surface area contributed by atoms with E-state index in [1.807, 2.05) is 0 Å². The first-order valence-electron chi connectivity index (χ1n) is 3.06. The highest BCUT2D eigenvalue weighted by atomic mass is 35.5. The van der Waals surface area contributed by atoms with Crippen LogP contribution >= 0.6 is 23.2 Å². The fourth-order valence-electron chi connectivity index (χ4n) is 0.755. The summed E-state index contributed by atoms with van der Waals surface area (Å²) in [7, 11) is 0. The third-order valence-electron chi connectivity index (χ3n) is 1.33. The highest BCUT2D eigenvalue weighted by molar-refractivity contribution is 6.42. The summed E-state index contributed by atoms with van der Waals surface area (Å²) in [6.07, 6.45) is 0. The minimum Gasteiger partial charge on any atom is -0.404 e. The van der Waals surface area contributed by atoms with Crippen molar-refractivity contribution in [2.24, 2.45) is 5.90 Å². The van der Waals surface area contributed by atoms with E-state index in [1.165, 1.54) is 6.07 Å². The van der Waals surface area contributed by atoms with Crippen molar-refractivity contribution in [2.45, 2.75) is 0 Å². The monoisotopic (exact) mass is 222 g/mol. The molecule has 0 bridgehead atoms. The number of hydrogen-bond acceptors (Lipinski definition) is 4. The van der Waals surface area contributed by atoms with Gasteiger partial charge in [-0.25, -0.2) is 0 Å². The summed E-state index contributed by atoms with van der Waals surface area (Å²) in [4.78, 5) is 14.0. The molecule has 0 heterocycles. The Morgan fingerprint density at radius 2 is 1.92 bits per heavy atom. The molecule has 70 valence electrons. The summed E-state index contributed by atoms with van der Waals surface area (Å²) in [6.45, 7) is 0. The first kappa shape index (κ1) is 10.0. The smallest absolute Gasteiger partial charge is 0.315 e. The lowest BCUT2D eigenvalue weighted by atomic mass is 10.3. The molecule has 1 aromatic carbocycles. The average molecular weight is 223 g/mol. The molecule has 0 amide bonds. The second-order valence-corrected chi connectivity index (χ2v) is 2.92. The molecule has 0 aliphatic carbocycles. The standard InChI is InChI=1S/C6H4Cl2N2O3/c7-3-1-5(10(11)12)6(13-9)2-4(3)8/h1-2H,9H2. The molecule has 5 nitrogen and oxygen atoms in total. The minimum atomic E-state index is -0.662. The van der Waals surface area contributed by atoms with E-state index in [-0.39, 0.29) is 21.5 Å². The molecular weight excluding hydrogens is 219 g/mol. The normalized spacial score (nSPS) is 9.77. The van der Waals surface area contributed by atoms with Crippen LogP contribution in [0.15, 0.2) is 12.1 Å². The van der Waals surface area contributed by atoms with Crippen LogP contribution in [-0.4, -0.2) is 4.92 Å². The van der Waals surface area contributed by atoms with Gasteiger partial charge in [-0.05, 0) is 0 Å². The number of hydrogen-bond donors (Lipinski definition) is 1. The maximum absolute atomic E-state index is 10.4. The Morgan fingerprint density at radius 3 is 2.38 bits per heavy atom. The number of nitro groups is 1. The van der Waals surface area contributed by atoms with Gasteiger partial charge in [-0.1, -0.05) is 23.2 Å². The van der Waals surface area contributed by atoms with Gasteiger partial charge in [0.25, 0.3) is 0 Å². The Bertz CT molecular complexity index is 356. The van der Waals surface area contributed by atoms with E-state index in [4.69, 9.17) is 29.1 Å². The van der Waals surface area contributed by atoms with E-state index in [0.717, 1.165) is 6.07 Å². The lowest BCUT2D eigenvalue weighted by molar-refractivity contribution is -0.385. The number of halogens is 2. The topological polar surface area (TPSA) is 78.4 Å². The van der Waals surface area contributed by atoms with Crippen LogP contribution < -0.4 is 10.7 Å². The Hall–Kier alpha value is -1.04. The highest BCUT2D eigenvalue weighted by Gasteiger charge is 2.17. The highest BCUT2D eigenvalue weighted by Crippen LogP contribution is 2.34. The van der Waals surface area contributed by atoms with E-state index < -0.39 is 4.92 Å². The maximum atomic E-state index is 10.4. The zero-order chi connectivity index (χ0) is 10.0. The lowest BCUT2D eigenvalue weighted by Crippen LogP contribution is -2.04. The van der Waals surface area contributed by atoms with Crippen LogP contribution in [0, 0.1) is 10.1 Å². The van der Waals surface area contributed by atoms with Gasteiger partial charge in [-0.15, -0.1) is 0 Å². The van der Waals surface area contributed by atoms with E-state index in [2.05, 4.69) is 4.84 Å². The zero-order valence-electron chi connectivity index (χ0n) is 6.16. The minimum absolute atomic E-state index is 0.0779. The van der Waals surface area contributed by atoms with Crippen molar-refractivity contribution in [3.05, 3.63) is 32.3 Å². The molecule has 2 N–H and O–H groups in total. The van der Waals surface area contributed by atoms with Gasteiger partial charge in [0.05, 0.1) is 15.0 Å². The average Bonchev–Trinajstić information content (AvgIpc) is 2.08. The van der Waals surface area contributed by atoms with Gasteiger partial charge in [-0.2, -0.15) is 5.90 Å². The van der Waals surface area contributed by atoms with Gasteiger partial charge in [0.1, 0.15) is 0 Å². The molecule has 0 aliphatic heterocycles. The fraction of sp³-hybridized carbons (Fsp3) is 0. The van der Waals surface area contributed by atoms with E-state index in [1.54, 1.807) is 0 Å². The summed E-state index contributed by atoms with van der Waals surface area (Å²) >= 11 is 11.1. The van der Waals surface area contributed by atoms with Crippen LogP contribution in [0.1, 0.15) is 0 Å². The summed E-state index contributed by atoms with van der Waals surface area (Å²) in [5.74, 6) is 4.68. The number of rotatable bonds is 2. The largest absolute Gasteiger partial charge is 0.404 e. The molecule has 0 aromatic heterocycles. The SMILES string of the molecule is NOc1cc(Cl)c(Cl)cc1[N+](=O)[O-]. The zero-order valence-corrected chi connectivity index (χ0v) is 7.67. The summed E-state index contributed by atoms with van der Waals surface area (Å²) in [5, 5.41) is 10.6. The lowest BCUT2D eigenvalue weighted by Gasteiger charge is -2.01. The Labute approximate surface area is 83.1 Å². The van der Waals surface area contributed by atoms with Crippen molar-refractivity contribution in [3.8, 4) is 5.75 Å². The van der Waals surface area contributed by atoms with Crippen molar-refractivity contribution in [1.82, 2.24) is 0 Å². The Balaban J connectivity index is 3.33. The molecule has 0 fully saturated rings. The molecule has 0 spiro atoms. The molecule has 0 saturated carbocycles. The van der Waals surface area contributed by atoms with Crippen molar-refractivity contribution in [1.29, 1.82) is 0 Å². The summed E-state index contributed by atoms with van der Waals surface area (Å²) in [6, 6.07) is 2.26. The predicted molar refractivity (Wildman–Crippen MR) is 47.9 cm³/mol. The van der Waals surface area contributed by atoms with E-state index >= 15 is 0 Å². The molecule has 0 saturated heterocycles. The molecule has 7 heteroatoms. The first-order chi connectivity index (χ1) is 6.06. The number of nitro benzene ring substituents is 1. The maximum Gasteiger partial charge on any atom is 0.315 e. The first-order valence-corrected chi connectivity index (χ1v) is 3.82. The van der Waals surface area contributed by atoms with Crippen LogP contribution in [0.3, 0.4) is 0 Å². The molecule has 0 atom stereocenters. The third-order valence-corrected chi connectivity index (χ3v) is 2.05. The number of benzene rings is 1. The van der Waals surface area contributed by atoms with Crippen molar-refractivity contribution in [2.75, 3.05) is 0 Å². The van der Waals surface area contributed by atoms with Crippen molar-refractivity contribution in [3.63, 3.8) is 0 Å². The molecule has 0 aliphatic rings. The summed E-state index contributed by atoms with van der Waals surface area (Å²) < 4.78 is 0. The molecular formula is C6H4Cl2N2O3. The quantitative estimate of drug-likeness (QED) is 0.615. The number of nitrogens with zero attached hydrogens (tertiary/aromatic N) is 1. The molecule has 13 heavy (non-hydrogen) atoms. The fourth-order valence-corrected chi connectivity index (χ4v) is 1.07. The van der Waals surface area contributed by atoms with Gasteiger partial charge < -0.3 is 4.84 Å². The van der Waals surface area contributed by atoms with Gasteiger partial charge in [0.15, 0.2) is 0 Å². The molecule has 1 rings (SSSR count). The van der Waals surface area contributed by atoms with Gasteiger partial charge in [0, 0.05) is 12.1 Å². The molecule has 0 radical (unpaired) electrons. The van der Waals surface area contributed by atoms with Crippen LogP contribution in [0.5, 0.6) is 5.75 Å². The van der Waals surface area contributed by atoms with Crippen molar-refractivity contribution < 1.29 is 9.76 Å².